The molecule has 1 aromatic heterocycles. The van der Waals surface area contributed by atoms with Crippen LogP contribution in [0.3, 0.4) is 0 Å². The number of aromatic nitrogens is 3. The molecule has 1 amide bonds. The van der Waals surface area contributed by atoms with Crippen LogP contribution in [0.2, 0.25) is 0 Å². The Bertz CT molecular complexity index is 367. The van der Waals surface area contributed by atoms with Gasteiger partial charge in [-0.25, -0.2) is 4.98 Å². The van der Waals surface area contributed by atoms with Crippen molar-refractivity contribution in [3.63, 3.8) is 0 Å². The number of nitrogens with zero attached hydrogens (tertiary/aromatic N) is 2. The zero-order chi connectivity index (χ0) is 12.8. The first-order valence-electron chi connectivity index (χ1n) is 6.09. The van der Waals surface area contributed by atoms with E-state index in [1.165, 1.54) is 6.33 Å². The van der Waals surface area contributed by atoms with Crippen molar-refractivity contribution in [2.75, 3.05) is 26.8 Å². The number of carbonyl (C=O) groups excluding carboxylic acids is 1. The monoisotopic (exact) mass is 253 g/mol. The van der Waals surface area contributed by atoms with Gasteiger partial charge in [-0.3, -0.25) is 9.89 Å². The Hall–Kier alpha value is -1.47. The number of H-pyrrole nitrogens is 1. The highest BCUT2D eigenvalue weighted by Crippen LogP contribution is 2.29. The summed E-state index contributed by atoms with van der Waals surface area (Å²) in [6.45, 7) is 2.52. The number of hydrogen-bond acceptors (Lipinski definition) is 5. The highest BCUT2D eigenvalue weighted by atomic mass is 16.5. The molecule has 1 fully saturated rings. The summed E-state index contributed by atoms with van der Waals surface area (Å²) >= 11 is 0. The summed E-state index contributed by atoms with van der Waals surface area (Å²) in [4.78, 5) is 16.3. The molecule has 18 heavy (non-hydrogen) atoms. The van der Waals surface area contributed by atoms with Crippen LogP contribution >= 0.6 is 0 Å². The van der Waals surface area contributed by atoms with Crippen molar-refractivity contribution in [2.24, 2.45) is 5.41 Å². The largest absolute Gasteiger partial charge is 0.384 e. The third-order valence-corrected chi connectivity index (χ3v) is 3.34. The molecule has 0 aromatic carbocycles. The van der Waals surface area contributed by atoms with E-state index in [9.17, 15) is 4.79 Å². The molecule has 0 spiro atoms. The Morgan fingerprint density at radius 1 is 1.56 bits per heavy atom. The van der Waals surface area contributed by atoms with E-state index in [4.69, 9.17) is 4.74 Å². The molecule has 0 unspecified atom stereocenters. The predicted octanol–water partition coefficient (Wildman–Crippen LogP) is -0.563. The third kappa shape index (κ3) is 2.85. The average Bonchev–Trinajstić information content (AvgIpc) is 2.90. The number of hydrogen-bond donors (Lipinski definition) is 3. The van der Waals surface area contributed by atoms with E-state index in [2.05, 4.69) is 25.8 Å². The SMILES string of the molecule is COCC1(C(=O)NCc2ncn[nH]2)CCNCC1. The minimum atomic E-state index is -0.417. The number of methoxy groups -OCH3 is 1. The van der Waals surface area contributed by atoms with Gasteiger partial charge in [0.05, 0.1) is 18.6 Å². The van der Waals surface area contributed by atoms with Crippen molar-refractivity contribution in [2.45, 2.75) is 19.4 Å². The van der Waals surface area contributed by atoms with Gasteiger partial charge in [-0.15, -0.1) is 0 Å². The predicted molar refractivity (Wildman–Crippen MR) is 64.6 cm³/mol. The molecule has 0 radical (unpaired) electrons. The minimum Gasteiger partial charge on any atom is -0.384 e. The molecule has 2 heterocycles. The van der Waals surface area contributed by atoms with Gasteiger partial charge < -0.3 is 15.4 Å². The lowest BCUT2D eigenvalue weighted by Crippen LogP contribution is -2.50. The van der Waals surface area contributed by atoms with Gasteiger partial charge in [0.25, 0.3) is 0 Å². The van der Waals surface area contributed by atoms with Gasteiger partial charge in [0.2, 0.25) is 5.91 Å². The maximum atomic E-state index is 12.3. The van der Waals surface area contributed by atoms with E-state index in [0.29, 0.717) is 19.0 Å². The van der Waals surface area contributed by atoms with Gasteiger partial charge >= 0.3 is 0 Å². The quantitative estimate of drug-likeness (QED) is 0.654. The molecule has 1 aliphatic heterocycles. The van der Waals surface area contributed by atoms with Crippen molar-refractivity contribution in [3.8, 4) is 0 Å². The first kappa shape index (κ1) is 13.0. The van der Waals surface area contributed by atoms with Crippen LogP contribution in [-0.4, -0.2) is 47.9 Å². The van der Waals surface area contributed by atoms with Crippen LogP contribution < -0.4 is 10.6 Å². The Labute approximate surface area is 106 Å². The molecule has 1 aromatic rings. The number of aromatic amines is 1. The number of ether oxygens (including phenoxy) is 1. The second-order valence-electron chi connectivity index (χ2n) is 4.58. The van der Waals surface area contributed by atoms with E-state index in [0.717, 1.165) is 25.9 Å². The summed E-state index contributed by atoms with van der Waals surface area (Å²) in [7, 11) is 1.63. The van der Waals surface area contributed by atoms with Crippen molar-refractivity contribution in [3.05, 3.63) is 12.2 Å². The van der Waals surface area contributed by atoms with Crippen LogP contribution in [0.25, 0.3) is 0 Å². The molecule has 0 aliphatic carbocycles. The first-order valence-corrected chi connectivity index (χ1v) is 6.09. The molecular weight excluding hydrogens is 234 g/mol. The summed E-state index contributed by atoms with van der Waals surface area (Å²) in [5.41, 5.74) is -0.417. The van der Waals surface area contributed by atoms with Crippen LogP contribution in [0, 0.1) is 5.41 Å². The Morgan fingerprint density at radius 2 is 2.33 bits per heavy atom. The minimum absolute atomic E-state index is 0.0299. The number of carbonyl (C=O) groups is 1. The van der Waals surface area contributed by atoms with Crippen molar-refractivity contribution in [1.29, 1.82) is 0 Å². The molecule has 1 saturated heterocycles. The third-order valence-electron chi connectivity index (χ3n) is 3.34. The topological polar surface area (TPSA) is 91.9 Å². The Morgan fingerprint density at radius 3 is 2.94 bits per heavy atom. The fourth-order valence-corrected chi connectivity index (χ4v) is 2.29. The molecule has 100 valence electrons. The second kappa shape index (κ2) is 5.92. The highest BCUT2D eigenvalue weighted by Gasteiger charge is 2.39. The maximum Gasteiger partial charge on any atom is 0.229 e. The van der Waals surface area contributed by atoms with Gasteiger partial charge in [-0.2, -0.15) is 5.10 Å². The van der Waals surface area contributed by atoms with Gasteiger partial charge in [0.15, 0.2) is 0 Å². The molecule has 7 heteroatoms. The van der Waals surface area contributed by atoms with Gasteiger partial charge in [0, 0.05) is 7.11 Å². The van der Waals surface area contributed by atoms with Crippen LogP contribution in [0.1, 0.15) is 18.7 Å². The van der Waals surface area contributed by atoms with Crippen LogP contribution in [0.15, 0.2) is 6.33 Å². The van der Waals surface area contributed by atoms with E-state index >= 15 is 0 Å². The smallest absolute Gasteiger partial charge is 0.229 e. The van der Waals surface area contributed by atoms with E-state index in [1.807, 2.05) is 0 Å². The molecule has 7 nitrogen and oxygen atoms in total. The Kier molecular flexibility index (Phi) is 4.27. The summed E-state index contributed by atoms with van der Waals surface area (Å²) in [5.74, 6) is 0.687. The maximum absolute atomic E-state index is 12.3. The van der Waals surface area contributed by atoms with Crippen LogP contribution in [0.5, 0.6) is 0 Å². The molecule has 2 rings (SSSR count). The number of rotatable bonds is 5. The normalized spacial score (nSPS) is 18.5. The van der Waals surface area contributed by atoms with E-state index in [-0.39, 0.29) is 5.91 Å². The van der Waals surface area contributed by atoms with Crippen molar-refractivity contribution < 1.29 is 9.53 Å². The zero-order valence-electron chi connectivity index (χ0n) is 10.5. The molecule has 0 saturated carbocycles. The lowest BCUT2D eigenvalue weighted by atomic mass is 9.78. The summed E-state index contributed by atoms with van der Waals surface area (Å²) in [6, 6.07) is 0. The lowest BCUT2D eigenvalue weighted by molar-refractivity contribution is -0.136. The number of nitrogens with one attached hydrogen (secondary N) is 3. The average molecular weight is 253 g/mol. The lowest BCUT2D eigenvalue weighted by Gasteiger charge is -2.35. The fourth-order valence-electron chi connectivity index (χ4n) is 2.29. The molecule has 0 atom stereocenters. The highest BCUT2D eigenvalue weighted by molar-refractivity contribution is 5.82. The summed E-state index contributed by atoms with van der Waals surface area (Å²) in [5, 5.41) is 12.6. The van der Waals surface area contributed by atoms with Crippen LogP contribution in [-0.2, 0) is 16.1 Å². The van der Waals surface area contributed by atoms with Crippen LogP contribution in [0.4, 0.5) is 0 Å². The van der Waals surface area contributed by atoms with E-state index < -0.39 is 5.41 Å². The van der Waals surface area contributed by atoms with E-state index in [1.54, 1.807) is 7.11 Å². The molecule has 0 bridgehead atoms. The van der Waals surface area contributed by atoms with Crippen molar-refractivity contribution >= 4 is 5.91 Å². The van der Waals surface area contributed by atoms with Gasteiger partial charge in [0.1, 0.15) is 12.2 Å². The standard InChI is InChI=1S/C11H19N5O2/c1-18-7-11(2-4-12-5-3-11)10(17)13-6-9-14-8-15-16-9/h8,12H,2-7H2,1H3,(H,13,17)(H,14,15,16). The summed E-state index contributed by atoms with van der Waals surface area (Å²) < 4.78 is 5.22. The fraction of sp³-hybridized carbons (Fsp3) is 0.727. The Balaban J connectivity index is 1.95. The van der Waals surface area contributed by atoms with Gasteiger partial charge in [-0.05, 0) is 25.9 Å². The second-order valence-corrected chi connectivity index (χ2v) is 4.58. The molecular formula is C11H19N5O2. The number of amides is 1. The van der Waals surface area contributed by atoms with Gasteiger partial charge in [-0.1, -0.05) is 0 Å². The summed E-state index contributed by atoms with van der Waals surface area (Å²) in [6.07, 6.45) is 3.02. The molecule has 3 N–H and O–H groups in total. The van der Waals surface area contributed by atoms with Crippen molar-refractivity contribution in [1.82, 2.24) is 25.8 Å². The first-order chi connectivity index (χ1) is 8.77. The zero-order valence-corrected chi connectivity index (χ0v) is 10.5. The number of piperidine rings is 1. The molecule has 1 aliphatic rings.